The molecule has 0 aliphatic carbocycles. The average molecular weight is 427 g/mol. The van der Waals surface area contributed by atoms with Gasteiger partial charge < -0.3 is 10.2 Å². The molecule has 1 N–H and O–H groups in total. The van der Waals surface area contributed by atoms with Crippen molar-refractivity contribution < 1.29 is 9.59 Å². The fraction of sp³-hybridized carbons (Fsp3) is 0.286. The molecule has 164 valence electrons. The van der Waals surface area contributed by atoms with E-state index in [9.17, 15) is 9.59 Å². The number of likely N-dealkylation sites (tertiary alicyclic amines) is 1. The first-order valence-corrected chi connectivity index (χ1v) is 11.3. The topological polar surface area (TPSA) is 49.4 Å². The lowest BCUT2D eigenvalue weighted by Gasteiger charge is -2.40. The number of hydrogen-bond acceptors (Lipinski definition) is 2. The van der Waals surface area contributed by atoms with Crippen LogP contribution >= 0.6 is 0 Å². The third kappa shape index (κ3) is 4.91. The zero-order valence-electron chi connectivity index (χ0n) is 18.6. The molecule has 2 amide bonds. The predicted molar refractivity (Wildman–Crippen MR) is 128 cm³/mol. The molecule has 0 unspecified atom stereocenters. The number of carbonyl (C=O) groups excluding carboxylic acids is 2. The van der Waals surface area contributed by atoms with Crippen LogP contribution < -0.4 is 5.32 Å². The van der Waals surface area contributed by atoms with Gasteiger partial charge in [-0.25, -0.2) is 0 Å². The van der Waals surface area contributed by atoms with Crippen molar-refractivity contribution in [3.63, 3.8) is 0 Å². The number of carbonyl (C=O) groups is 2. The Morgan fingerprint density at radius 1 is 0.781 bits per heavy atom. The molecule has 0 saturated carbocycles. The Labute approximate surface area is 190 Å². The summed E-state index contributed by atoms with van der Waals surface area (Å²) in [6.45, 7) is 1.22. The molecule has 4 heteroatoms. The van der Waals surface area contributed by atoms with E-state index in [-0.39, 0.29) is 11.8 Å². The molecule has 1 aliphatic heterocycles. The third-order valence-electron chi connectivity index (χ3n) is 6.58. The largest absolute Gasteiger partial charge is 0.359 e. The number of rotatable bonds is 6. The molecular weight excluding hydrogens is 396 g/mol. The van der Waals surface area contributed by atoms with Gasteiger partial charge in [0.15, 0.2) is 0 Å². The van der Waals surface area contributed by atoms with Crippen molar-refractivity contribution in [2.75, 3.05) is 20.1 Å². The Morgan fingerprint density at radius 3 is 1.94 bits per heavy atom. The van der Waals surface area contributed by atoms with E-state index in [4.69, 9.17) is 0 Å². The first-order valence-electron chi connectivity index (χ1n) is 11.3. The van der Waals surface area contributed by atoms with Crippen molar-refractivity contribution in [2.24, 2.45) is 5.41 Å². The Hall–Kier alpha value is -3.40. The summed E-state index contributed by atoms with van der Waals surface area (Å²) >= 11 is 0. The summed E-state index contributed by atoms with van der Waals surface area (Å²) in [4.78, 5) is 27.6. The number of amides is 2. The van der Waals surface area contributed by atoms with Crippen molar-refractivity contribution in [2.45, 2.75) is 25.7 Å². The highest BCUT2D eigenvalue weighted by Crippen LogP contribution is 2.36. The summed E-state index contributed by atoms with van der Waals surface area (Å²) in [6.07, 6.45) is 2.44. The van der Waals surface area contributed by atoms with Crippen molar-refractivity contribution in [1.82, 2.24) is 10.2 Å². The number of nitrogens with zero attached hydrogens (tertiary/aromatic N) is 1. The second kappa shape index (κ2) is 9.82. The first-order chi connectivity index (χ1) is 15.6. The summed E-state index contributed by atoms with van der Waals surface area (Å²) in [5, 5.41) is 2.87. The molecular formula is C28H30N2O2. The van der Waals surface area contributed by atoms with Crippen LogP contribution in [0.15, 0.2) is 84.9 Å². The van der Waals surface area contributed by atoms with Gasteiger partial charge >= 0.3 is 0 Å². The predicted octanol–water partition coefficient (Wildman–Crippen LogP) is 4.49. The van der Waals surface area contributed by atoms with Crippen LogP contribution in [-0.4, -0.2) is 36.9 Å². The monoisotopic (exact) mass is 426 g/mol. The summed E-state index contributed by atoms with van der Waals surface area (Å²) in [7, 11) is 1.70. The van der Waals surface area contributed by atoms with Gasteiger partial charge in [0.1, 0.15) is 0 Å². The van der Waals surface area contributed by atoms with Crippen LogP contribution in [-0.2, 0) is 22.4 Å². The zero-order valence-corrected chi connectivity index (χ0v) is 18.6. The first kappa shape index (κ1) is 21.8. The molecule has 1 fully saturated rings. The minimum atomic E-state index is -0.480. The van der Waals surface area contributed by atoms with Gasteiger partial charge in [-0.05, 0) is 41.5 Å². The van der Waals surface area contributed by atoms with Gasteiger partial charge in [-0.3, -0.25) is 9.59 Å². The molecule has 0 radical (unpaired) electrons. The van der Waals surface area contributed by atoms with Gasteiger partial charge in [0.25, 0.3) is 0 Å². The Bertz CT molecular complexity index is 1040. The molecule has 1 aliphatic rings. The molecule has 0 aromatic heterocycles. The fourth-order valence-corrected chi connectivity index (χ4v) is 4.65. The van der Waals surface area contributed by atoms with E-state index < -0.39 is 5.41 Å². The van der Waals surface area contributed by atoms with Crippen molar-refractivity contribution >= 4 is 11.8 Å². The molecule has 3 aromatic rings. The Morgan fingerprint density at radius 2 is 1.34 bits per heavy atom. The third-order valence-corrected chi connectivity index (χ3v) is 6.58. The van der Waals surface area contributed by atoms with Crippen LogP contribution in [0, 0.1) is 5.41 Å². The molecule has 0 bridgehead atoms. The second-order valence-corrected chi connectivity index (χ2v) is 8.64. The van der Waals surface area contributed by atoms with E-state index >= 15 is 0 Å². The van der Waals surface area contributed by atoms with Gasteiger partial charge in [-0.1, -0.05) is 84.9 Å². The molecule has 0 spiro atoms. The maximum Gasteiger partial charge on any atom is 0.226 e. The van der Waals surface area contributed by atoms with E-state index in [0.717, 1.165) is 11.1 Å². The molecule has 32 heavy (non-hydrogen) atoms. The average Bonchev–Trinajstić information content (AvgIpc) is 2.85. The zero-order chi connectivity index (χ0) is 22.4. The van der Waals surface area contributed by atoms with Crippen molar-refractivity contribution in [3.8, 4) is 11.1 Å². The van der Waals surface area contributed by atoms with E-state index in [0.29, 0.717) is 38.8 Å². The SMILES string of the molecule is CNC(=O)C1(Cc2ccc(-c3ccccc3)cc2)CCN(C(=O)Cc2ccccc2)CC1. The van der Waals surface area contributed by atoms with E-state index in [1.807, 2.05) is 53.4 Å². The lowest BCUT2D eigenvalue weighted by molar-refractivity contribution is -0.140. The van der Waals surface area contributed by atoms with Crippen LogP contribution in [0.3, 0.4) is 0 Å². The quantitative estimate of drug-likeness (QED) is 0.631. The molecule has 4 rings (SSSR count). The number of benzene rings is 3. The Kier molecular flexibility index (Phi) is 6.69. The van der Waals surface area contributed by atoms with Crippen LogP contribution in [0.5, 0.6) is 0 Å². The number of piperidine rings is 1. The second-order valence-electron chi connectivity index (χ2n) is 8.64. The molecule has 3 aromatic carbocycles. The van der Waals surface area contributed by atoms with Crippen LogP contribution in [0.25, 0.3) is 11.1 Å². The highest BCUT2D eigenvalue weighted by atomic mass is 16.2. The smallest absolute Gasteiger partial charge is 0.226 e. The van der Waals surface area contributed by atoms with Gasteiger partial charge in [-0.2, -0.15) is 0 Å². The fourth-order valence-electron chi connectivity index (χ4n) is 4.65. The summed E-state index contributed by atoms with van der Waals surface area (Å²) in [5.41, 5.74) is 4.05. The van der Waals surface area contributed by atoms with Crippen molar-refractivity contribution in [3.05, 3.63) is 96.1 Å². The van der Waals surface area contributed by atoms with Gasteiger partial charge in [0.2, 0.25) is 11.8 Å². The van der Waals surface area contributed by atoms with E-state index in [2.05, 4.69) is 41.7 Å². The van der Waals surface area contributed by atoms with Crippen molar-refractivity contribution in [1.29, 1.82) is 0 Å². The highest BCUT2D eigenvalue weighted by molar-refractivity contribution is 5.84. The van der Waals surface area contributed by atoms with Crippen LogP contribution in [0.4, 0.5) is 0 Å². The lowest BCUT2D eigenvalue weighted by atomic mass is 9.72. The van der Waals surface area contributed by atoms with Crippen LogP contribution in [0.1, 0.15) is 24.0 Å². The molecule has 1 saturated heterocycles. The minimum absolute atomic E-state index is 0.0693. The lowest BCUT2D eigenvalue weighted by Crippen LogP contribution is -2.50. The van der Waals surface area contributed by atoms with Gasteiger partial charge in [0, 0.05) is 20.1 Å². The molecule has 4 nitrogen and oxygen atoms in total. The highest BCUT2D eigenvalue weighted by Gasteiger charge is 2.41. The normalized spacial score (nSPS) is 15.2. The maximum absolute atomic E-state index is 12.9. The van der Waals surface area contributed by atoms with E-state index in [1.54, 1.807) is 7.05 Å². The van der Waals surface area contributed by atoms with Gasteiger partial charge in [-0.15, -0.1) is 0 Å². The standard InChI is InChI=1S/C28H30N2O2/c1-29-27(32)28(21-23-12-14-25(15-13-23)24-10-6-3-7-11-24)16-18-30(19-17-28)26(31)20-22-8-4-2-5-9-22/h2-15H,16-21H2,1H3,(H,29,32). The summed E-state index contributed by atoms with van der Waals surface area (Å²) in [5.74, 6) is 0.203. The number of nitrogens with one attached hydrogen (secondary N) is 1. The Balaban J connectivity index is 1.43. The summed E-state index contributed by atoms with van der Waals surface area (Å²) < 4.78 is 0. The molecule has 0 atom stereocenters. The van der Waals surface area contributed by atoms with Gasteiger partial charge in [0.05, 0.1) is 11.8 Å². The number of hydrogen-bond donors (Lipinski definition) is 1. The molecule has 1 heterocycles. The van der Waals surface area contributed by atoms with Crippen LogP contribution in [0.2, 0.25) is 0 Å². The maximum atomic E-state index is 12.9. The van der Waals surface area contributed by atoms with E-state index in [1.165, 1.54) is 11.1 Å². The summed E-state index contributed by atoms with van der Waals surface area (Å²) in [6, 6.07) is 28.6. The minimum Gasteiger partial charge on any atom is -0.359 e.